The molecule has 0 bridgehead atoms. The van der Waals surface area contributed by atoms with Crippen molar-refractivity contribution in [2.75, 3.05) is 11.9 Å². The normalized spacial score (nSPS) is 10.6. The zero-order chi connectivity index (χ0) is 20.9. The highest BCUT2D eigenvalue weighted by molar-refractivity contribution is 6.30. The minimum Gasteiger partial charge on any atom is -0.452 e. The zero-order valence-electron chi connectivity index (χ0n) is 15.6. The molecule has 1 N–H and O–H groups in total. The number of rotatable bonds is 5. The van der Waals surface area contributed by atoms with Crippen molar-refractivity contribution in [3.05, 3.63) is 83.8 Å². The molecule has 0 spiro atoms. The number of hydrogen-bond donors (Lipinski definition) is 1. The number of halogens is 1. The van der Waals surface area contributed by atoms with Crippen LogP contribution in [0.5, 0.6) is 0 Å². The van der Waals surface area contributed by atoms with Crippen LogP contribution in [0, 0.1) is 0 Å². The Morgan fingerprint density at radius 1 is 1.03 bits per heavy atom. The number of fused-ring (bicyclic) bond motifs is 1. The van der Waals surface area contributed by atoms with Gasteiger partial charge in [-0.3, -0.25) is 9.78 Å². The molecular weight excluding hydrogens is 404 g/mol. The summed E-state index contributed by atoms with van der Waals surface area (Å²) in [6.07, 6.45) is 4.71. The molecule has 0 radical (unpaired) electrons. The average Bonchev–Trinajstić information content (AvgIpc) is 2.79. The van der Waals surface area contributed by atoms with E-state index in [0.29, 0.717) is 33.0 Å². The van der Waals surface area contributed by atoms with E-state index in [-0.39, 0.29) is 0 Å². The van der Waals surface area contributed by atoms with Gasteiger partial charge in [0.15, 0.2) is 6.61 Å². The summed E-state index contributed by atoms with van der Waals surface area (Å²) in [5, 5.41) is 3.64. The lowest BCUT2D eigenvalue weighted by Crippen LogP contribution is -2.21. The van der Waals surface area contributed by atoms with Crippen LogP contribution in [0.15, 0.2) is 73.2 Å². The molecule has 30 heavy (non-hydrogen) atoms. The Bertz CT molecular complexity index is 1210. The second kappa shape index (κ2) is 8.67. The molecule has 4 rings (SSSR count). The number of carbonyl (C=O) groups excluding carboxylic acids is 2. The van der Waals surface area contributed by atoms with Gasteiger partial charge in [-0.1, -0.05) is 29.8 Å². The fourth-order valence-electron chi connectivity index (χ4n) is 2.85. The van der Waals surface area contributed by atoms with E-state index >= 15 is 0 Å². The van der Waals surface area contributed by atoms with Crippen LogP contribution in [-0.4, -0.2) is 33.4 Å². The van der Waals surface area contributed by atoms with Crippen LogP contribution in [0.2, 0.25) is 5.02 Å². The molecule has 1 aromatic carbocycles. The number of para-hydroxylation sites is 1. The van der Waals surface area contributed by atoms with Gasteiger partial charge in [0, 0.05) is 29.5 Å². The lowest BCUT2D eigenvalue weighted by Gasteiger charge is -2.10. The molecule has 0 saturated heterocycles. The Morgan fingerprint density at radius 3 is 2.60 bits per heavy atom. The van der Waals surface area contributed by atoms with E-state index in [1.54, 1.807) is 48.8 Å². The molecule has 1 amide bonds. The summed E-state index contributed by atoms with van der Waals surface area (Å²) in [6, 6.07) is 15.7. The van der Waals surface area contributed by atoms with Crippen molar-refractivity contribution in [1.82, 2.24) is 15.0 Å². The van der Waals surface area contributed by atoms with Gasteiger partial charge < -0.3 is 10.1 Å². The second-order valence-corrected chi connectivity index (χ2v) is 6.73. The van der Waals surface area contributed by atoms with E-state index in [0.717, 1.165) is 5.56 Å². The Kier molecular flexibility index (Phi) is 5.63. The number of nitrogens with one attached hydrogen (secondary N) is 1. The van der Waals surface area contributed by atoms with E-state index in [1.165, 1.54) is 6.20 Å². The van der Waals surface area contributed by atoms with Crippen LogP contribution >= 0.6 is 11.6 Å². The Labute approximate surface area is 176 Å². The maximum atomic E-state index is 12.8. The molecule has 8 heteroatoms. The van der Waals surface area contributed by atoms with Crippen LogP contribution in [0.4, 0.5) is 5.82 Å². The van der Waals surface area contributed by atoms with E-state index < -0.39 is 18.5 Å². The molecule has 0 saturated carbocycles. The lowest BCUT2D eigenvalue weighted by molar-refractivity contribution is -0.119. The summed E-state index contributed by atoms with van der Waals surface area (Å²) < 4.78 is 5.24. The Hall–Kier alpha value is -3.84. The lowest BCUT2D eigenvalue weighted by atomic mass is 10.0. The fourth-order valence-corrected chi connectivity index (χ4v) is 2.96. The van der Waals surface area contributed by atoms with Crippen molar-refractivity contribution in [3.8, 4) is 11.3 Å². The molecule has 0 atom stereocenters. The molecular formula is C22H15ClN4O3. The first-order valence-corrected chi connectivity index (χ1v) is 9.37. The summed E-state index contributed by atoms with van der Waals surface area (Å²) in [4.78, 5) is 37.5. The van der Waals surface area contributed by atoms with Gasteiger partial charge in [-0.25, -0.2) is 14.8 Å². The van der Waals surface area contributed by atoms with Gasteiger partial charge >= 0.3 is 5.97 Å². The number of aromatic nitrogens is 3. The number of anilines is 1. The minimum atomic E-state index is -0.622. The topological polar surface area (TPSA) is 94.1 Å². The third-order valence-corrected chi connectivity index (χ3v) is 4.46. The first kappa shape index (κ1) is 19.5. The summed E-state index contributed by atoms with van der Waals surface area (Å²) >= 11 is 5.77. The minimum absolute atomic E-state index is 0.315. The van der Waals surface area contributed by atoms with E-state index in [1.807, 2.05) is 18.2 Å². The van der Waals surface area contributed by atoms with Crippen LogP contribution in [-0.2, 0) is 9.53 Å². The van der Waals surface area contributed by atoms with Gasteiger partial charge in [-0.2, -0.15) is 0 Å². The average molecular weight is 419 g/mol. The number of pyridine rings is 3. The van der Waals surface area contributed by atoms with Crippen molar-refractivity contribution in [2.24, 2.45) is 0 Å². The van der Waals surface area contributed by atoms with Crippen LogP contribution in [0.3, 0.4) is 0 Å². The van der Waals surface area contributed by atoms with Gasteiger partial charge in [-0.15, -0.1) is 0 Å². The van der Waals surface area contributed by atoms with Crippen molar-refractivity contribution in [1.29, 1.82) is 0 Å². The number of amides is 1. The fraction of sp³-hybridized carbons (Fsp3) is 0.0455. The monoisotopic (exact) mass is 418 g/mol. The van der Waals surface area contributed by atoms with Crippen molar-refractivity contribution < 1.29 is 14.3 Å². The summed E-state index contributed by atoms with van der Waals surface area (Å²) in [6.45, 7) is -0.454. The van der Waals surface area contributed by atoms with E-state index in [4.69, 9.17) is 16.3 Å². The maximum Gasteiger partial charge on any atom is 0.339 e. The molecule has 4 aromatic rings. The zero-order valence-corrected chi connectivity index (χ0v) is 16.3. The highest BCUT2D eigenvalue weighted by Crippen LogP contribution is 2.25. The Balaban J connectivity index is 1.55. The molecule has 0 aliphatic rings. The van der Waals surface area contributed by atoms with Gasteiger partial charge in [0.05, 0.1) is 21.8 Å². The number of hydrogen-bond acceptors (Lipinski definition) is 6. The number of benzene rings is 1. The standard InChI is InChI=1S/C22H15ClN4O3/c23-15-5-6-20(25-12-15)27-21(28)13-30-22(29)17-11-19(14-7-9-24-10-8-14)26-18-4-2-1-3-16(17)18/h1-12H,13H2,(H,25,27,28). The molecule has 0 aliphatic carbocycles. The molecule has 0 aliphatic heterocycles. The van der Waals surface area contributed by atoms with Crippen molar-refractivity contribution >= 4 is 40.2 Å². The first-order valence-electron chi connectivity index (χ1n) is 8.99. The quantitative estimate of drug-likeness (QED) is 0.489. The molecule has 0 fully saturated rings. The molecule has 148 valence electrons. The van der Waals surface area contributed by atoms with Crippen molar-refractivity contribution in [3.63, 3.8) is 0 Å². The molecule has 7 nitrogen and oxygen atoms in total. The highest BCUT2D eigenvalue weighted by Gasteiger charge is 2.16. The molecule has 3 heterocycles. The van der Waals surface area contributed by atoms with Gasteiger partial charge in [0.2, 0.25) is 0 Å². The van der Waals surface area contributed by atoms with Crippen LogP contribution in [0.25, 0.3) is 22.2 Å². The predicted molar refractivity (Wildman–Crippen MR) is 113 cm³/mol. The molecule has 0 unspecified atom stereocenters. The summed E-state index contributed by atoms with van der Waals surface area (Å²) in [5.74, 6) is -0.816. The van der Waals surface area contributed by atoms with Gasteiger partial charge in [0.1, 0.15) is 5.82 Å². The number of nitrogens with zero attached hydrogens (tertiary/aromatic N) is 3. The van der Waals surface area contributed by atoms with E-state index in [9.17, 15) is 9.59 Å². The summed E-state index contributed by atoms with van der Waals surface area (Å²) in [7, 11) is 0. The highest BCUT2D eigenvalue weighted by atomic mass is 35.5. The number of esters is 1. The SMILES string of the molecule is O=C(COC(=O)c1cc(-c2ccncc2)nc2ccccc12)Nc1ccc(Cl)cn1. The molecule has 3 aromatic heterocycles. The third-order valence-electron chi connectivity index (χ3n) is 4.24. The predicted octanol–water partition coefficient (Wildman–Crippen LogP) is 4.14. The smallest absolute Gasteiger partial charge is 0.339 e. The maximum absolute atomic E-state index is 12.8. The van der Waals surface area contributed by atoms with Crippen LogP contribution < -0.4 is 5.32 Å². The third kappa shape index (κ3) is 4.42. The first-order chi connectivity index (χ1) is 14.6. The number of carbonyl (C=O) groups is 2. The van der Waals surface area contributed by atoms with Gasteiger partial charge in [0.25, 0.3) is 5.91 Å². The van der Waals surface area contributed by atoms with Crippen molar-refractivity contribution in [2.45, 2.75) is 0 Å². The Morgan fingerprint density at radius 2 is 1.83 bits per heavy atom. The van der Waals surface area contributed by atoms with Gasteiger partial charge in [-0.05, 0) is 36.4 Å². The van der Waals surface area contributed by atoms with E-state index in [2.05, 4.69) is 20.3 Å². The summed E-state index contributed by atoms with van der Waals surface area (Å²) in [5.41, 5.74) is 2.40. The largest absolute Gasteiger partial charge is 0.452 e. The van der Waals surface area contributed by atoms with Crippen LogP contribution in [0.1, 0.15) is 10.4 Å². The second-order valence-electron chi connectivity index (χ2n) is 6.29. The number of ether oxygens (including phenoxy) is 1.